The van der Waals surface area contributed by atoms with Gasteiger partial charge in [0.2, 0.25) is 15.9 Å². The van der Waals surface area contributed by atoms with Crippen molar-refractivity contribution in [2.45, 2.75) is 6.92 Å². The number of amides is 1. The van der Waals surface area contributed by atoms with Gasteiger partial charge in [-0.1, -0.05) is 0 Å². The molecule has 0 aromatic heterocycles. The Morgan fingerprint density at radius 2 is 1.95 bits per heavy atom. The Labute approximate surface area is 124 Å². The lowest BCUT2D eigenvalue weighted by atomic mass is 10.2. The zero-order valence-electron chi connectivity index (χ0n) is 12.5. The van der Waals surface area contributed by atoms with Gasteiger partial charge in [0.15, 0.2) is 0 Å². The molecule has 0 saturated heterocycles. The second-order valence-corrected chi connectivity index (χ2v) is 6.64. The molecule has 0 atom stereocenters. The van der Waals surface area contributed by atoms with Gasteiger partial charge in [-0.25, -0.2) is 8.42 Å². The lowest BCUT2D eigenvalue weighted by molar-refractivity contribution is -0.116. The van der Waals surface area contributed by atoms with Crippen molar-refractivity contribution in [2.75, 3.05) is 38.9 Å². The van der Waals surface area contributed by atoms with Crippen LogP contribution >= 0.6 is 0 Å². The summed E-state index contributed by atoms with van der Waals surface area (Å²) >= 11 is 0. The highest BCUT2D eigenvalue weighted by molar-refractivity contribution is 7.89. The van der Waals surface area contributed by atoms with E-state index in [-0.39, 0.29) is 12.3 Å². The molecule has 0 radical (unpaired) electrons. The molecular weight excluding hydrogens is 296 g/mol. The molecule has 0 aliphatic rings. The van der Waals surface area contributed by atoms with Crippen LogP contribution in [0.15, 0.2) is 18.2 Å². The first-order valence-electron chi connectivity index (χ1n) is 6.30. The first kappa shape index (κ1) is 17.3. The van der Waals surface area contributed by atoms with Crippen molar-refractivity contribution in [3.8, 4) is 11.5 Å². The quantitative estimate of drug-likeness (QED) is 0.808. The number of carbonyl (C=O) groups excluding carboxylic acids is 1. The summed E-state index contributed by atoms with van der Waals surface area (Å²) in [6.45, 7) is 1.27. The van der Waals surface area contributed by atoms with Gasteiger partial charge in [-0.05, 0) is 19.1 Å². The van der Waals surface area contributed by atoms with Crippen LogP contribution in [-0.2, 0) is 14.8 Å². The molecular formula is C13H20N2O5S. The minimum Gasteiger partial charge on any atom is -0.497 e. The third-order valence-electron chi connectivity index (χ3n) is 2.89. The summed E-state index contributed by atoms with van der Waals surface area (Å²) in [6, 6.07) is 4.93. The molecule has 0 heterocycles. The number of sulfonamides is 1. The number of benzene rings is 1. The van der Waals surface area contributed by atoms with Gasteiger partial charge in [0.1, 0.15) is 11.5 Å². The molecule has 0 unspecified atom stereocenters. The summed E-state index contributed by atoms with van der Waals surface area (Å²) < 4.78 is 34.4. The average Bonchev–Trinajstić information content (AvgIpc) is 2.47. The molecule has 0 aliphatic carbocycles. The maximum atomic E-state index is 11.9. The Hall–Kier alpha value is -1.80. The standard InChI is InChI=1S/C13H20N2O5S/c1-5-21(17,18)15(2)9-13(16)14-11-7-6-10(19-3)8-12(11)20-4/h6-8H,5,9H2,1-4H3,(H,14,16). The Balaban J connectivity index is 2.80. The predicted molar refractivity (Wildman–Crippen MR) is 80.3 cm³/mol. The summed E-state index contributed by atoms with van der Waals surface area (Å²) in [5.74, 6) is 0.528. The second-order valence-electron chi connectivity index (χ2n) is 4.27. The fourth-order valence-electron chi connectivity index (χ4n) is 1.61. The van der Waals surface area contributed by atoms with Crippen LogP contribution in [0.25, 0.3) is 0 Å². The van der Waals surface area contributed by atoms with Crippen LogP contribution in [0.4, 0.5) is 5.69 Å². The van der Waals surface area contributed by atoms with Gasteiger partial charge in [0, 0.05) is 13.1 Å². The molecule has 0 aliphatic heterocycles. The molecule has 1 aromatic carbocycles. The number of nitrogens with zero attached hydrogens (tertiary/aromatic N) is 1. The van der Waals surface area contributed by atoms with E-state index in [1.165, 1.54) is 28.2 Å². The highest BCUT2D eigenvalue weighted by Gasteiger charge is 2.19. The Bertz CT molecular complexity index is 601. The minimum atomic E-state index is -3.39. The molecule has 8 heteroatoms. The van der Waals surface area contributed by atoms with Crippen LogP contribution < -0.4 is 14.8 Å². The zero-order valence-corrected chi connectivity index (χ0v) is 13.4. The number of hydrogen-bond acceptors (Lipinski definition) is 5. The van der Waals surface area contributed by atoms with Gasteiger partial charge in [-0.2, -0.15) is 4.31 Å². The Kier molecular flexibility index (Phi) is 5.98. The third kappa shape index (κ3) is 4.61. The van der Waals surface area contributed by atoms with Crippen molar-refractivity contribution in [2.24, 2.45) is 0 Å². The second kappa shape index (κ2) is 7.28. The van der Waals surface area contributed by atoms with Crippen LogP contribution in [0.5, 0.6) is 11.5 Å². The molecule has 118 valence electrons. The largest absolute Gasteiger partial charge is 0.497 e. The number of likely N-dealkylation sites (N-methyl/N-ethyl adjacent to an activating group) is 1. The average molecular weight is 316 g/mol. The van der Waals surface area contributed by atoms with E-state index in [1.807, 2.05) is 0 Å². The van der Waals surface area contributed by atoms with Gasteiger partial charge in [0.05, 0.1) is 32.2 Å². The van der Waals surface area contributed by atoms with Crippen molar-refractivity contribution in [3.63, 3.8) is 0 Å². The van der Waals surface area contributed by atoms with Gasteiger partial charge < -0.3 is 14.8 Å². The lowest BCUT2D eigenvalue weighted by Gasteiger charge is -2.16. The Morgan fingerprint density at radius 1 is 1.29 bits per heavy atom. The van der Waals surface area contributed by atoms with Crippen LogP contribution in [0.1, 0.15) is 6.92 Å². The minimum absolute atomic E-state index is 0.0529. The topological polar surface area (TPSA) is 84.9 Å². The van der Waals surface area contributed by atoms with E-state index in [2.05, 4.69) is 5.32 Å². The van der Waals surface area contributed by atoms with Gasteiger partial charge >= 0.3 is 0 Å². The van der Waals surface area contributed by atoms with Crippen molar-refractivity contribution >= 4 is 21.6 Å². The van der Waals surface area contributed by atoms with E-state index >= 15 is 0 Å². The molecule has 1 N–H and O–H groups in total. The smallest absolute Gasteiger partial charge is 0.239 e. The van der Waals surface area contributed by atoms with Crippen LogP contribution in [0, 0.1) is 0 Å². The maximum Gasteiger partial charge on any atom is 0.239 e. The van der Waals surface area contributed by atoms with Gasteiger partial charge in [-0.15, -0.1) is 0 Å². The Morgan fingerprint density at radius 3 is 2.48 bits per heavy atom. The van der Waals surface area contributed by atoms with Crippen molar-refractivity contribution in [1.82, 2.24) is 4.31 Å². The molecule has 1 rings (SSSR count). The first-order valence-corrected chi connectivity index (χ1v) is 7.90. The van der Waals surface area contributed by atoms with Crippen molar-refractivity contribution in [1.29, 1.82) is 0 Å². The SMILES string of the molecule is CCS(=O)(=O)N(C)CC(=O)Nc1ccc(OC)cc1OC. The third-order valence-corrected chi connectivity index (χ3v) is 4.70. The van der Waals surface area contributed by atoms with E-state index in [1.54, 1.807) is 18.2 Å². The fraction of sp³-hybridized carbons (Fsp3) is 0.462. The summed E-state index contributed by atoms with van der Waals surface area (Å²) in [5, 5.41) is 2.61. The molecule has 1 amide bonds. The number of anilines is 1. The molecule has 7 nitrogen and oxygen atoms in total. The van der Waals surface area contributed by atoms with Crippen molar-refractivity contribution in [3.05, 3.63) is 18.2 Å². The summed E-state index contributed by atoms with van der Waals surface area (Å²) in [4.78, 5) is 11.9. The first-order chi connectivity index (χ1) is 9.83. The molecule has 0 spiro atoms. The van der Waals surface area contributed by atoms with E-state index < -0.39 is 15.9 Å². The van der Waals surface area contributed by atoms with Crippen LogP contribution in [-0.4, -0.2) is 52.2 Å². The van der Waals surface area contributed by atoms with Crippen LogP contribution in [0.2, 0.25) is 0 Å². The normalized spacial score (nSPS) is 11.3. The van der Waals surface area contributed by atoms with Gasteiger partial charge in [0.25, 0.3) is 0 Å². The number of methoxy groups -OCH3 is 2. The zero-order chi connectivity index (χ0) is 16.0. The van der Waals surface area contributed by atoms with E-state index in [9.17, 15) is 13.2 Å². The van der Waals surface area contributed by atoms with E-state index in [0.29, 0.717) is 17.2 Å². The monoisotopic (exact) mass is 316 g/mol. The van der Waals surface area contributed by atoms with E-state index in [0.717, 1.165) is 4.31 Å². The molecule has 1 aromatic rings. The molecule has 0 saturated carbocycles. The number of nitrogens with one attached hydrogen (secondary N) is 1. The lowest BCUT2D eigenvalue weighted by Crippen LogP contribution is -2.35. The molecule has 0 bridgehead atoms. The fourth-order valence-corrected chi connectivity index (χ4v) is 2.37. The summed E-state index contributed by atoms with van der Waals surface area (Å²) in [5.41, 5.74) is 0.450. The predicted octanol–water partition coefficient (Wildman–Crippen LogP) is 0.924. The maximum absolute atomic E-state index is 11.9. The van der Waals surface area contributed by atoms with Crippen LogP contribution in [0.3, 0.4) is 0 Å². The highest BCUT2D eigenvalue weighted by atomic mass is 32.2. The molecule has 21 heavy (non-hydrogen) atoms. The van der Waals surface area contributed by atoms with Crippen molar-refractivity contribution < 1.29 is 22.7 Å². The molecule has 0 fully saturated rings. The van der Waals surface area contributed by atoms with Gasteiger partial charge in [-0.3, -0.25) is 4.79 Å². The number of ether oxygens (including phenoxy) is 2. The highest BCUT2D eigenvalue weighted by Crippen LogP contribution is 2.28. The van der Waals surface area contributed by atoms with E-state index in [4.69, 9.17) is 9.47 Å². The number of rotatable bonds is 7. The number of carbonyl (C=O) groups is 1. The number of hydrogen-bond donors (Lipinski definition) is 1. The summed E-state index contributed by atoms with van der Waals surface area (Å²) in [7, 11) is 0.970. The summed E-state index contributed by atoms with van der Waals surface area (Å²) in [6.07, 6.45) is 0.